The number of methoxy groups -OCH3 is 1. The molecule has 1 aliphatic rings. The average molecular weight is 209 g/mol. The van der Waals surface area contributed by atoms with Crippen LogP contribution in [-0.4, -0.2) is 12.5 Å². The van der Waals surface area contributed by atoms with Crippen LogP contribution in [0.5, 0.6) is 5.75 Å². The van der Waals surface area contributed by atoms with Crippen LogP contribution in [-0.2, 0) is 0 Å². The van der Waals surface area contributed by atoms with Gasteiger partial charge in [0.15, 0.2) is 0 Å². The molecule has 0 saturated heterocycles. The minimum absolute atomic E-state index is 0.190. The van der Waals surface area contributed by atoms with Crippen molar-refractivity contribution in [2.75, 3.05) is 7.11 Å². The van der Waals surface area contributed by atoms with E-state index in [4.69, 9.17) is 16.3 Å². The van der Waals surface area contributed by atoms with E-state index < -0.39 is 0 Å². The Morgan fingerprint density at radius 2 is 2.14 bits per heavy atom. The highest BCUT2D eigenvalue weighted by molar-refractivity contribution is 6.22. The molecule has 14 heavy (non-hydrogen) atoms. The van der Waals surface area contributed by atoms with Crippen molar-refractivity contribution in [1.82, 2.24) is 0 Å². The minimum atomic E-state index is 0.190. The molecular weight excluding hydrogens is 196 g/mol. The van der Waals surface area contributed by atoms with Gasteiger partial charge in [0.05, 0.1) is 12.5 Å². The van der Waals surface area contributed by atoms with Crippen LogP contribution in [0.1, 0.15) is 18.4 Å². The molecule has 1 aromatic carbocycles. The predicted octanol–water partition coefficient (Wildman–Crippen LogP) is 3.48. The predicted molar refractivity (Wildman–Crippen MR) is 59.8 cm³/mol. The lowest BCUT2D eigenvalue weighted by Gasteiger charge is -2.08. The molecule has 0 aromatic heterocycles. The molecule has 0 fully saturated rings. The molecule has 74 valence electrons. The monoisotopic (exact) mass is 208 g/mol. The molecule has 0 spiro atoms. The summed E-state index contributed by atoms with van der Waals surface area (Å²) in [4.78, 5) is 0. The van der Waals surface area contributed by atoms with Gasteiger partial charge in [0.25, 0.3) is 0 Å². The van der Waals surface area contributed by atoms with Gasteiger partial charge >= 0.3 is 0 Å². The lowest BCUT2D eigenvalue weighted by Crippen LogP contribution is -1.89. The molecule has 2 heteroatoms. The number of ether oxygens (including phenoxy) is 1. The third kappa shape index (κ3) is 1.78. The summed E-state index contributed by atoms with van der Waals surface area (Å²) in [6.45, 7) is 0. The van der Waals surface area contributed by atoms with Crippen molar-refractivity contribution in [3.63, 3.8) is 0 Å². The van der Waals surface area contributed by atoms with Crippen molar-refractivity contribution in [2.24, 2.45) is 0 Å². The highest BCUT2D eigenvalue weighted by atomic mass is 35.5. The average Bonchev–Trinajstić information content (AvgIpc) is 2.65. The molecule has 0 heterocycles. The number of halogens is 1. The Kier molecular flexibility index (Phi) is 2.78. The van der Waals surface area contributed by atoms with Gasteiger partial charge in [0.2, 0.25) is 0 Å². The lowest BCUT2D eigenvalue weighted by atomic mass is 10.0. The Bertz CT molecular complexity index is 357. The van der Waals surface area contributed by atoms with Crippen LogP contribution in [0, 0.1) is 0 Å². The molecule has 0 N–H and O–H groups in total. The Hall–Kier alpha value is -0.950. The molecule has 0 radical (unpaired) electrons. The third-order valence-electron chi connectivity index (χ3n) is 2.52. The maximum Gasteiger partial charge on any atom is 0.126 e. The summed E-state index contributed by atoms with van der Waals surface area (Å²) < 4.78 is 5.31. The maximum absolute atomic E-state index is 6.04. The van der Waals surface area contributed by atoms with E-state index in [-0.39, 0.29) is 5.38 Å². The number of alkyl halides is 1. The third-order valence-corrected chi connectivity index (χ3v) is 2.87. The van der Waals surface area contributed by atoms with E-state index in [1.54, 1.807) is 7.11 Å². The van der Waals surface area contributed by atoms with Gasteiger partial charge in [-0.25, -0.2) is 0 Å². The van der Waals surface area contributed by atoms with Gasteiger partial charge in [-0.05, 0) is 24.5 Å². The van der Waals surface area contributed by atoms with Gasteiger partial charge in [-0.15, -0.1) is 11.6 Å². The molecule has 1 aromatic rings. The van der Waals surface area contributed by atoms with E-state index >= 15 is 0 Å². The fourth-order valence-corrected chi connectivity index (χ4v) is 2.07. The fraction of sp³-hybridized carbons (Fsp3) is 0.333. The van der Waals surface area contributed by atoms with Crippen LogP contribution in [0.25, 0.3) is 5.57 Å². The molecule has 1 nitrogen and oxygen atoms in total. The summed E-state index contributed by atoms with van der Waals surface area (Å²) in [5.41, 5.74) is 2.49. The Morgan fingerprint density at radius 1 is 1.36 bits per heavy atom. The quantitative estimate of drug-likeness (QED) is 0.677. The maximum atomic E-state index is 6.04. The van der Waals surface area contributed by atoms with Gasteiger partial charge < -0.3 is 4.74 Å². The molecule has 0 bridgehead atoms. The number of hydrogen-bond donors (Lipinski definition) is 0. The molecular formula is C12H13ClO. The molecule has 1 atom stereocenters. The minimum Gasteiger partial charge on any atom is -0.496 e. The second kappa shape index (κ2) is 4.05. The topological polar surface area (TPSA) is 9.23 Å². The molecule has 0 aliphatic heterocycles. The number of benzene rings is 1. The summed E-state index contributed by atoms with van der Waals surface area (Å²) >= 11 is 6.04. The first-order valence-corrected chi connectivity index (χ1v) is 5.23. The molecule has 1 aliphatic carbocycles. The second-order valence-electron chi connectivity index (χ2n) is 3.45. The van der Waals surface area contributed by atoms with Gasteiger partial charge in [-0.1, -0.05) is 24.3 Å². The Labute approximate surface area is 89.3 Å². The summed E-state index contributed by atoms with van der Waals surface area (Å²) in [5, 5.41) is 0.190. The Morgan fingerprint density at radius 3 is 2.79 bits per heavy atom. The van der Waals surface area contributed by atoms with Gasteiger partial charge in [-0.3, -0.25) is 0 Å². The van der Waals surface area contributed by atoms with Crippen LogP contribution >= 0.6 is 11.6 Å². The molecule has 0 saturated carbocycles. The zero-order valence-corrected chi connectivity index (χ0v) is 8.92. The van der Waals surface area contributed by atoms with E-state index in [0.717, 1.165) is 18.6 Å². The van der Waals surface area contributed by atoms with Gasteiger partial charge in [0.1, 0.15) is 5.75 Å². The van der Waals surface area contributed by atoms with E-state index in [0.29, 0.717) is 0 Å². The van der Waals surface area contributed by atoms with Crippen molar-refractivity contribution >= 4 is 17.2 Å². The fourth-order valence-electron chi connectivity index (χ4n) is 1.81. The van der Waals surface area contributed by atoms with Crippen LogP contribution in [0.2, 0.25) is 0 Å². The van der Waals surface area contributed by atoms with Crippen molar-refractivity contribution in [1.29, 1.82) is 0 Å². The smallest absolute Gasteiger partial charge is 0.126 e. The summed E-state index contributed by atoms with van der Waals surface area (Å²) in [7, 11) is 1.70. The molecule has 0 amide bonds. The number of hydrogen-bond acceptors (Lipinski definition) is 1. The van der Waals surface area contributed by atoms with Crippen molar-refractivity contribution in [3.05, 3.63) is 35.9 Å². The van der Waals surface area contributed by atoms with Crippen LogP contribution in [0.3, 0.4) is 0 Å². The van der Waals surface area contributed by atoms with Crippen LogP contribution < -0.4 is 4.74 Å². The van der Waals surface area contributed by atoms with Crippen LogP contribution in [0.15, 0.2) is 30.3 Å². The van der Waals surface area contributed by atoms with Crippen LogP contribution in [0.4, 0.5) is 0 Å². The Balaban J connectivity index is 2.36. The zero-order valence-electron chi connectivity index (χ0n) is 8.16. The molecule has 2 rings (SSSR count). The first-order chi connectivity index (χ1) is 6.81. The summed E-state index contributed by atoms with van der Waals surface area (Å²) in [6, 6.07) is 8.08. The number of allylic oxidation sites excluding steroid dienone is 2. The van der Waals surface area contributed by atoms with Crippen molar-refractivity contribution in [2.45, 2.75) is 18.2 Å². The first-order valence-electron chi connectivity index (χ1n) is 4.79. The van der Waals surface area contributed by atoms with Crippen molar-refractivity contribution in [3.8, 4) is 5.75 Å². The second-order valence-corrected chi connectivity index (χ2v) is 4.01. The normalized spacial score (nSPS) is 20.7. The van der Waals surface area contributed by atoms with E-state index in [2.05, 4.69) is 12.1 Å². The summed E-state index contributed by atoms with van der Waals surface area (Å²) in [5.74, 6) is 0.935. The van der Waals surface area contributed by atoms with Crippen molar-refractivity contribution < 1.29 is 4.74 Å². The number of para-hydroxylation sites is 1. The SMILES string of the molecule is COc1ccccc1C1=CC(Cl)CC1. The van der Waals surface area contributed by atoms with Gasteiger partial charge in [-0.2, -0.15) is 0 Å². The largest absolute Gasteiger partial charge is 0.496 e. The first kappa shape index (κ1) is 9.60. The van der Waals surface area contributed by atoms with Gasteiger partial charge in [0, 0.05) is 5.56 Å². The standard InChI is InChI=1S/C12H13ClO/c1-14-12-5-3-2-4-11(12)9-6-7-10(13)8-9/h2-5,8,10H,6-7H2,1H3. The highest BCUT2D eigenvalue weighted by Gasteiger charge is 2.16. The lowest BCUT2D eigenvalue weighted by molar-refractivity contribution is 0.413. The zero-order chi connectivity index (χ0) is 9.97. The van der Waals surface area contributed by atoms with E-state index in [1.807, 2.05) is 18.2 Å². The highest BCUT2D eigenvalue weighted by Crippen LogP contribution is 2.35. The summed E-state index contributed by atoms with van der Waals surface area (Å²) in [6.07, 6.45) is 4.21. The number of rotatable bonds is 2. The van der Waals surface area contributed by atoms with E-state index in [9.17, 15) is 0 Å². The molecule has 1 unspecified atom stereocenters. The van der Waals surface area contributed by atoms with E-state index in [1.165, 1.54) is 11.1 Å².